The lowest BCUT2D eigenvalue weighted by atomic mass is 9.96. The summed E-state index contributed by atoms with van der Waals surface area (Å²) in [5, 5.41) is 6.21. The highest BCUT2D eigenvalue weighted by Gasteiger charge is 2.14. The molecule has 1 fully saturated rings. The molecular weight excluding hydrogens is 361 g/mol. The predicted molar refractivity (Wildman–Crippen MR) is 118 cm³/mol. The lowest BCUT2D eigenvalue weighted by Crippen LogP contribution is -2.29. The molecule has 0 spiro atoms. The Morgan fingerprint density at radius 2 is 1.55 bits per heavy atom. The maximum Gasteiger partial charge on any atom is 0.129 e. The summed E-state index contributed by atoms with van der Waals surface area (Å²) in [6, 6.07) is 19.9. The monoisotopic (exact) mass is 391 g/mol. The Labute approximate surface area is 173 Å². The Kier molecular flexibility index (Phi) is 6.79. The molecule has 1 aliphatic carbocycles. The van der Waals surface area contributed by atoms with Gasteiger partial charge in [0.25, 0.3) is 0 Å². The molecule has 152 valence electrons. The highest BCUT2D eigenvalue weighted by molar-refractivity contribution is 5.87. The van der Waals surface area contributed by atoms with Crippen molar-refractivity contribution >= 4 is 10.8 Å². The maximum atomic E-state index is 14.0. The number of ether oxygens (including phenoxy) is 1. The first-order valence-corrected chi connectivity index (χ1v) is 10.9. The fourth-order valence-electron chi connectivity index (χ4n) is 4.31. The molecule has 1 aliphatic rings. The van der Waals surface area contributed by atoms with Gasteiger partial charge in [0.2, 0.25) is 0 Å². The first-order valence-electron chi connectivity index (χ1n) is 10.9. The number of nitrogens with one attached hydrogen (secondary N) is 1. The highest BCUT2D eigenvalue weighted by atomic mass is 19.1. The molecule has 0 aliphatic heterocycles. The van der Waals surface area contributed by atoms with Gasteiger partial charge in [-0.1, -0.05) is 80.6 Å². The van der Waals surface area contributed by atoms with Gasteiger partial charge >= 0.3 is 0 Å². The van der Waals surface area contributed by atoms with Crippen molar-refractivity contribution in [3.63, 3.8) is 0 Å². The van der Waals surface area contributed by atoms with Crippen LogP contribution in [0.1, 0.15) is 56.1 Å². The Bertz CT molecular complexity index is 931. The summed E-state index contributed by atoms with van der Waals surface area (Å²) < 4.78 is 20.1. The van der Waals surface area contributed by atoms with Crippen LogP contribution < -0.4 is 10.1 Å². The molecule has 0 heterocycles. The van der Waals surface area contributed by atoms with Crippen LogP contribution in [0, 0.1) is 5.82 Å². The van der Waals surface area contributed by atoms with Crippen molar-refractivity contribution in [2.24, 2.45) is 0 Å². The summed E-state index contributed by atoms with van der Waals surface area (Å²) in [4.78, 5) is 0. The van der Waals surface area contributed by atoms with E-state index in [1.54, 1.807) is 12.1 Å². The Hall–Kier alpha value is -2.39. The van der Waals surface area contributed by atoms with E-state index < -0.39 is 0 Å². The summed E-state index contributed by atoms with van der Waals surface area (Å²) in [6.45, 7) is 1.01. The Morgan fingerprint density at radius 1 is 0.828 bits per heavy atom. The van der Waals surface area contributed by atoms with Crippen molar-refractivity contribution in [1.82, 2.24) is 5.32 Å². The van der Waals surface area contributed by atoms with Gasteiger partial charge in [-0.3, -0.25) is 0 Å². The van der Waals surface area contributed by atoms with Crippen molar-refractivity contribution in [2.45, 2.75) is 64.1 Å². The van der Waals surface area contributed by atoms with E-state index in [0.29, 0.717) is 11.6 Å². The van der Waals surface area contributed by atoms with Crippen LogP contribution in [-0.2, 0) is 13.2 Å². The molecule has 4 rings (SSSR count). The average molecular weight is 392 g/mol. The van der Waals surface area contributed by atoms with E-state index >= 15 is 0 Å². The predicted octanol–water partition coefficient (Wildman–Crippen LogP) is 6.76. The second-order valence-corrected chi connectivity index (χ2v) is 8.07. The fourth-order valence-corrected chi connectivity index (χ4v) is 4.31. The minimum atomic E-state index is -0.220. The molecule has 3 aromatic carbocycles. The molecule has 2 nitrogen and oxygen atoms in total. The highest BCUT2D eigenvalue weighted by Crippen LogP contribution is 2.29. The van der Waals surface area contributed by atoms with Gasteiger partial charge in [-0.15, -0.1) is 0 Å². The second-order valence-electron chi connectivity index (χ2n) is 8.07. The first kappa shape index (κ1) is 19.9. The number of hydrogen-bond acceptors (Lipinski definition) is 2. The molecule has 1 saturated carbocycles. The Balaban J connectivity index is 1.54. The van der Waals surface area contributed by atoms with Gasteiger partial charge in [0, 0.05) is 23.7 Å². The summed E-state index contributed by atoms with van der Waals surface area (Å²) in [5.74, 6) is 0.618. The summed E-state index contributed by atoms with van der Waals surface area (Å²) in [6.07, 6.45) is 9.19. The van der Waals surface area contributed by atoms with E-state index in [4.69, 9.17) is 4.74 Å². The van der Waals surface area contributed by atoms with Crippen LogP contribution in [0.4, 0.5) is 4.39 Å². The third-order valence-electron chi connectivity index (χ3n) is 6.01. The largest absolute Gasteiger partial charge is 0.488 e. The van der Waals surface area contributed by atoms with Crippen LogP contribution in [0.2, 0.25) is 0 Å². The molecule has 0 amide bonds. The van der Waals surface area contributed by atoms with Gasteiger partial charge in [0.05, 0.1) is 0 Å². The van der Waals surface area contributed by atoms with E-state index in [1.165, 1.54) is 67.3 Å². The number of fused-ring (bicyclic) bond motifs is 1. The van der Waals surface area contributed by atoms with Crippen molar-refractivity contribution in [3.8, 4) is 5.75 Å². The molecule has 0 radical (unpaired) electrons. The molecular formula is C26H30FNO. The third kappa shape index (κ3) is 5.16. The molecule has 0 bridgehead atoms. The number of hydrogen-bond donors (Lipinski definition) is 1. The molecule has 0 atom stereocenters. The van der Waals surface area contributed by atoms with Crippen LogP contribution in [-0.4, -0.2) is 6.04 Å². The standard InChI is InChI=1S/C26H30FNO/c27-25-15-9-7-11-21(25)19-29-26-17-16-20-10-6-8-14-23(20)24(26)18-28-22-12-4-2-1-3-5-13-22/h6-11,14-17,22,28H,1-5,12-13,18-19H2. The van der Waals surface area contributed by atoms with Gasteiger partial charge in [0.15, 0.2) is 0 Å². The Morgan fingerprint density at radius 3 is 2.38 bits per heavy atom. The first-order chi connectivity index (χ1) is 14.3. The molecule has 3 aromatic rings. The number of benzene rings is 3. The summed E-state index contributed by atoms with van der Waals surface area (Å²) in [7, 11) is 0. The van der Waals surface area contributed by atoms with Crippen LogP contribution in [0.3, 0.4) is 0 Å². The zero-order valence-electron chi connectivity index (χ0n) is 17.0. The second kappa shape index (κ2) is 9.89. The number of rotatable bonds is 6. The number of halogens is 1. The maximum absolute atomic E-state index is 14.0. The van der Waals surface area contributed by atoms with E-state index in [-0.39, 0.29) is 12.4 Å². The van der Waals surface area contributed by atoms with Crippen molar-refractivity contribution in [1.29, 1.82) is 0 Å². The van der Waals surface area contributed by atoms with Gasteiger partial charge in [-0.05, 0) is 35.7 Å². The quantitative estimate of drug-likeness (QED) is 0.501. The van der Waals surface area contributed by atoms with Crippen LogP contribution in [0.5, 0.6) is 5.75 Å². The van der Waals surface area contributed by atoms with Crippen molar-refractivity contribution in [2.75, 3.05) is 0 Å². The topological polar surface area (TPSA) is 21.3 Å². The lowest BCUT2D eigenvalue weighted by Gasteiger charge is -2.22. The van der Waals surface area contributed by atoms with Crippen molar-refractivity contribution in [3.05, 3.63) is 77.6 Å². The third-order valence-corrected chi connectivity index (χ3v) is 6.01. The van der Waals surface area contributed by atoms with Gasteiger partial charge < -0.3 is 10.1 Å². The minimum Gasteiger partial charge on any atom is -0.488 e. The van der Waals surface area contributed by atoms with E-state index in [9.17, 15) is 4.39 Å². The van der Waals surface area contributed by atoms with Crippen LogP contribution in [0.25, 0.3) is 10.8 Å². The van der Waals surface area contributed by atoms with Crippen LogP contribution in [0.15, 0.2) is 60.7 Å². The van der Waals surface area contributed by atoms with Gasteiger partial charge in [0.1, 0.15) is 18.2 Å². The smallest absolute Gasteiger partial charge is 0.129 e. The van der Waals surface area contributed by atoms with E-state index in [0.717, 1.165) is 12.3 Å². The molecule has 0 saturated heterocycles. The van der Waals surface area contributed by atoms with Crippen molar-refractivity contribution < 1.29 is 9.13 Å². The van der Waals surface area contributed by atoms with Gasteiger partial charge in [-0.25, -0.2) is 4.39 Å². The minimum absolute atomic E-state index is 0.220. The zero-order chi connectivity index (χ0) is 19.9. The normalized spacial score (nSPS) is 15.8. The summed E-state index contributed by atoms with van der Waals surface area (Å²) >= 11 is 0. The van der Waals surface area contributed by atoms with E-state index in [1.807, 2.05) is 12.1 Å². The van der Waals surface area contributed by atoms with Crippen LogP contribution >= 0.6 is 0 Å². The molecule has 0 aromatic heterocycles. The molecule has 1 N–H and O–H groups in total. The SMILES string of the molecule is Fc1ccccc1COc1ccc2ccccc2c1CNC1CCCCCCC1. The van der Waals surface area contributed by atoms with Gasteiger partial charge in [-0.2, -0.15) is 0 Å². The average Bonchev–Trinajstić information content (AvgIpc) is 2.73. The van der Waals surface area contributed by atoms with E-state index in [2.05, 4.69) is 35.6 Å². The molecule has 3 heteroatoms. The summed E-state index contributed by atoms with van der Waals surface area (Å²) in [5.41, 5.74) is 1.75. The zero-order valence-corrected chi connectivity index (χ0v) is 17.0. The fraction of sp³-hybridized carbons (Fsp3) is 0.385. The molecule has 0 unspecified atom stereocenters. The lowest BCUT2D eigenvalue weighted by molar-refractivity contribution is 0.295. The molecule has 29 heavy (non-hydrogen) atoms.